The van der Waals surface area contributed by atoms with Crippen molar-refractivity contribution in [3.8, 4) is 0 Å². The van der Waals surface area contributed by atoms with Gasteiger partial charge in [0.05, 0.1) is 17.4 Å². The summed E-state index contributed by atoms with van der Waals surface area (Å²) < 4.78 is 1.09. The molecule has 0 bridgehead atoms. The van der Waals surface area contributed by atoms with Gasteiger partial charge in [0.1, 0.15) is 0 Å². The van der Waals surface area contributed by atoms with Crippen molar-refractivity contribution in [3.05, 3.63) is 58.6 Å². The Morgan fingerprint density at radius 3 is 2.40 bits per heavy atom. The highest BCUT2D eigenvalue weighted by molar-refractivity contribution is 9.10. The van der Waals surface area contributed by atoms with Crippen LogP contribution < -0.4 is 10.2 Å². The zero-order valence-electron chi connectivity index (χ0n) is 12.2. The molecule has 0 radical (unpaired) electrons. The van der Waals surface area contributed by atoms with Gasteiger partial charge in [-0.15, -0.1) is 0 Å². The van der Waals surface area contributed by atoms with E-state index < -0.39 is 0 Å². The average molecular weight is 333 g/mol. The Morgan fingerprint density at radius 2 is 1.80 bits per heavy atom. The summed E-state index contributed by atoms with van der Waals surface area (Å²) >= 11 is 3.56. The maximum atomic E-state index is 3.66. The molecule has 0 aliphatic rings. The van der Waals surface area contributed by atoms with Gasteiger partial charge in [0.15, 0.2) is 0 Å². The molecule has 2 rings (SSSR count). The van der Waals surface area contributed by atoms with Crippen LogP contribution in [0, 0.1) is 0 Å². The molecule has 0 saturated carbocycles. The molecule has 3 heteroatoms. The zero-order chi connectivity index (χ0) is 14.5. The van der Waals surface area contributed by atoms with E-state index in [1.54, 1.807) is 0 Å². The quantitative estimate of drug-likeness (QED) is 0.821. The standard InChI is InChI=1S/C17H21BrN2/c1-4-15(13-8-6-5-7-9-13)19-16-12-14(18)10-11-17(16)20(2)3/h5-12,15,19H,4H2,1-3H3. The molecule has 20 heavy (non-hydrogen) atoms. The lowest BCUT2D eigenvalue weighted by Gasteiger charge is -2.24. The summed E-state index contributed by atoms with van der Waals surface area (Å²) in [6.45, 7) is 2.21. The third-order valence-corrected chi connectivity index (χ3v) is 3.87. The van der Waals surface area contributed by atoms with Crippen molar-refractivity contribution in [3.63, 3.8) is 0 Å². The summed E-state index contributed by atoms with van der Waals surface area (Å²) in [5.74, 6) is 0. The molecule has 1 unspecified atom stereocenters. The van der Waals surface area contributed by atoms with Gasteiger partial charge >= 0.3 is 0 Å². The van der Waals surface area contributed by atoms with E-state index in [-0.39, 0.29) is 0 Å². The Balaban J connectivity index is 2.30. The van der Waals surface area contributed by atoms with Crippen molar-refractivity contribution in [1.29, 1.82) is 0 Å². The van der Waals surface area contributed by atoms with Crippen LogP contribution in [0.4, 0.5) is 11.4 Å². The van der Waals surface area contributed by atoms with Gasteiger partial charge in [-0.1, -0.05) is 53.2 Å². The molecule has 2 aromatic carbocycles. The minimum atomic E-state index is 0.323. The summed E-state index contributed by atoms with van der Waals surface area (Å²) in [6.07, 6.45) is 1.05. The lowest BCUT2D eigenvalue weighted by Crippen LogP contribution is -2.15. The first kappa shape index (κ1) is 14.9. The first-order chi connectivity index (χ1) is 9.61. The molecule has 0 spiro atoms. The van der Waals surface area contributed by atoms with Gasteiger partial charge in [-0.3, -0.25) is 0 Å². The molecule has 0 fully saturated rings. The van der Waals surface area contributed by atoms with Crippen molar-refractivity contribution in [2.75, 3.05) is 24.3 Å². The molecule has 0 heterocycles. The van der Waals surface area contributed by atoms with Gasteiger partial charge in [0.2, 0.25) is 0 Å². The fraction of sp³-hybridized carbons (Fsp3) is 0.294. The Hall–Kier alpha value is -1.48. The van der Waals surface area contributed by atoms with Crippen molar-refractivity contribution in [2.24, 2.45) is 0 Å². The molecule has 0 saturated heterocycles. The van der Waals surface area contributed by atoms with Crippen molar-refractivity contribution >= 4 is 27.3 Å². The lowest BCUT2D eigenvalue weighted by molar-refractivity contribution is 0.749. The average Bonchev–Trinajstić information content (AvgIpc) is 2.45. The highest BCUT2D eigenvalue weighted by atomic mass is 79.9. The largest absolute Gasteiger partial charge is 0.377 e. The minimum absolute atomic E-state index is 0.323. The lowest BCUT2D eigenvalue weighted by atomic mass is 10.0. The number of benzene rings is 2. The van der Waals surface area contributed by atoms with E-state index in [0.29, 0.717) is 6.04 Å². The smallest absolute Gasteiger partial charge is 0.0597 e. The monoisotopic (exact) mass is 332 g/mol. The van der Waals surface area contributed by atoms with E-state index >= 15 is 0 Å². The molecule has 1 N–H and O–H groups in total. The minimum Gasteiger partial charge on any atom is -0.377 e. The molecule has 0 amide bonds. The number of halogens is 1. The Morgan fingerprint density at radius 1 is 1.10 bits per heavy atom. The molecule has 106 valence electrons. The summed E-state index contributed by atoms with van der Waals surface area (Å²) in [4.78, 5) is 2.13. The molecule has 0 aliphatic heterocycles. The number of hydrogen-bond donors (Lipinski definition) is 1. The predicted octanol–water partition coefficient (Wildman–Crippen LogP) is 5.08. The van der Waals surface area contributed by atoms with E-state index in [4.69, 9.17) is 0 Å². The van der Waals surface area contributed by atoms with Crippen LogP contribution in [0.1, 0.15) is 24.9 Å². The third-order valence-electron chi connectivity index (χ3n) is 3.38. The maximum absolute atomic E-state index is 3.66. The van der Waals surface area contributed by atoms with Crippen LogP contribution in [0.3, 0.4) is 0 Å². The second-order valence-electron chi connectivity index (χ2n) is 5.07. The van der Waals surface area contributed by atoms with Crippen LogP contribution >= 0.6 is 15.9 Å². The van der Waals surface area contributed by atoms with Crippen LogP contribution in [-0.2, 0) is 0 Å². The molecular formula is C17H21BrN2. The summed E-state index contributed by atoms with van der Waals surface area (Å²) in [7, 11) is 4.13. The first-order valence-corrected chi connectivity index (χ1v) is 7.69. The Kier molecular flexibility index (Phi) is 5.07. The van der Waals surface area contributed by atoms with E-state index in [2.05, 4.69) is 95.7 Å². The topological polar surface area (TPSA) is 15.3 Å². The summed E-state index contributed by atoms with van der Waals surface area (Å²) in [5.41, 5.74) is 3.67. The number of nitrogens with one attached hydrogen (secondary N) is 1. The Labute approximate surface area is 129 Å². The third kappa shape index (κ3) is 3.54. The SMILES string of the molecule is CCC(Nc1cc(Br)ccc1N(C)C)c1ccccc1. The van der Waals surface area contributed by atoms with E-state index in [1.807, 2.05) is 0 Å². The zero-order valence-corrected chi connectivity index (χ0v) is 13.8. The molecule has 2 aromatic rings. The first-order valence-electron chi connectivity index (χ1n) is 6.90. The number of hydrogen-bond acceptors (Lipinski definition) is 2. The molecular weight excluding hydrogens is 312 g/mol. The van der Waals surface area contributed by atoms with Gasteiger partial charge in [0.25, 0.3) is 0 Å². The fourth-order valence-corrected chi connectivity index (χ4v) is 2.67. The van der Waals surface area contributed by atoms with Crippen molar-refractivity contribution < 1.29 is 0 Å². The van der Waals surface area contributed by atoms with Crippen LogP contribution in [-0.4, -0.2) is 14.1 Å². The number of rotatable bonds is 5. The Bertz CT molecular complexity index is 552. The second-order valence-corrected chi connectivity index (χ2v) is 5.99. The molecule has 1 atom stereocenters. The van der Waals surface area contributed by atoms with Gasteiger partial charge in [-0.05, 0) is 30.2 Å². The van der Waals surface area contributed by atoms with Crippen LogP contribution in [0.25, 0.3) is 0 Å². The maximum Gasteiger partial charge on any atom is 0.0597 e. The van der Waals surface area contributed by atoms with Crippen LogP contribution in [0.2, 0.25) is 0 Å². The highest BCUT2D eigenvalue weighted by Crippen LogP contribution is 2.32. The highest BCUT2D eigenvalue weighted by Gasteiger charge is 2.12. The van der Waals surface area contributed by atoms with E-state index in [9.17, 15) is 0 Å². The van der Waals surface area contributed by atoms with E-state index in [1.165, 1.54) is 11.3 Å². The number of anilines is 2. The van der Waals surface area contributed by atoms with Crippen LogP contribution in [0.5, 0.6) is 0 Å². The van der Waals surface area contributed by atoms with Gasteiger partial charge in [-0.25, -0.2) is 0 Å². The molecule has 0 aliphatic carbocycles. The fourth-order valence-electron chi connectivity index (χ4n) is 2.31. The second kappa shape index (κ2) is 6.80. The molecule has 0 aromatic heterocycles. The van der Waals surface area contributed by atoms with Crippen molar-refractivity contribution in [2.45, 2.75) is 19.4 Å². The molecule has 2 nitrogen and oxygen atoms in total. The van der Waals surface area contributed by atoms with E-state index in [0.717, 1.165) is 16.6 Å². The number of nitrogens with zero attached hydrogens (tertiary/aromatic N) is 1. The van der Waals surface area contributed by atoms with Gasteiger partial charge < -0.3 is 10.2 Å². The van der Waals surface area contributed by atoms with Crippen molar-refractivity contribution in [1.82, 2.24) is 0 Å². The summed E-state index contributed by atoms with van der Waals surface area (Å²) in [5, 5.41) is 3.66. The summed E-state index contributed by atoms with van der Waals surface area (Å²) in [6, 6.07) is 17.3. The predicted molar refractivity (Wildman–Crippen MR) is 91.6 cm³/mol. The van der Waals surface area contributed by atoms with Crippen LogP contribution in [0.15, 0.2) is 53.0 Å². The van der Waals surface area contributed by atoms with Gasteiger partial charge in [0, 0.05) is 18.6 Å². The normalized spacial score (nSPS) is 12.0. The van der Waals surface area contributed by atoms with Gasteiger partial charge in [-0.2, -0.15) is 0 Å².